The van der Waals surface area contributed by atoms with Gasteiger partial charge in [-0.2, -0.15) is 0 Å². The SMILES string of the molecule is c1ccc([As]2CCCCCCCCCCCCCCC[As](c3ccccc3)[As](c3ccccc3)[As](c3ccccc3)[As](c3ccccc3)[As]2c2ccccc2)cc1. The number of hydrogen-bond donors (Lipinski definition) is 0. The zero-order valence-electron chi connectivity index (χ0n) is 33.6. The summed E-state index contributed by atoms with van der Waals surface area (Å²) in [6.07, 6.45) is 18.6. The molecule has 57 heavy (non-hydrogen) atoms. The molecule has 1 aliphatic heterocycles. The molecule has 0 aromatic heterocycles. The maximum absolute atomic E-state index is 2.66. The van der Waals surface area contributed by atoms with Crippen molar-refractivity contribution in [3.8, 4) is 0 Å². The van der Waals surface area contributed by atoms with Crippen LogP contribution in [0.15, 0.2) is 182 Å². The molecule has 6 aromatic carbocycles. The van der Waals surface area contributed by atoms with Gasteiger partial charge in [-0.15, -0.1) is 0 Å². The Morgan fingerprint density at radius 1 is 0.193 bits per heavy atom. The minimum atomic E-state index is -1.68. The zero-order valence-corrected chi connectivity index (χ0v) is 44.9. The fourth-order valence-electron chi connectivity index (χ4n) is 7.88. The van der Waals surface area contributed by atoms with Crippen molar-refractivity contribution >= 4 is 93.4 Å². The predicted molar refractivity (Wildman–Crippen MR) is 261 cm³/mol. The molecule has 0 N–H and O–H groups in total. The number of benzene rings is 6. The van der Waals surface area contributed by atoms with Crippen molar-refractivity contribution < 1.29 is 0 Å². The van der Waals surface area contributed by atoms with Crippen LogP contribution >= 0.6 is 0 Å². The van der Waals surface area contributed by atoms with E-state index in [9.17, 15) is 0 Å². The predicted octanol–water partition coefficient (Wildman–Crippen LogP) is 8.88. The van der Waals surface area contributed by atoms with Crippen LogP contribution in [0.3, 0.4) is 0 Å². The van der Waals surface area contributed by atoms with Crippen molar-refractivity contribution in [2.45, 2.75) is 93.9 Å². The molecule has 0 amide bonds. The molecule has 1 saturated heterocycles. The van der Waals surface area contributed by atoms with E-state index in [0.29, 0.717) is 0 Å². The van der Waals surface area contributed by atoms with Gasteiger partial charge in [-0.25, -0.2) is 0 Å². The second-order valence-corrected chi connectivity index (χ2v) is 108. The standard InChI is InChI=1S/C51H60As6/c1-2-4-6-8-10-30-44-52(46-32-18-12-19-33-46)54(48-36-22-14-23-37-48)56(50-40-26-16-27-41-50)57(51-42-28-17-29-43-51)55(49-38-24-15-25-39-49)53(47-34-20-13-21-35-47)45-31-11-9-7-5-3-1/h12-29,32-43H,1-11,30-31,44-45H2. The molecule has 0 aliphatic carbocycles. The van der Waals surface area contributed by atoms with Gasteiger partial charge in [0.25, 0.3) is 0 Å². The van der Waals surface area contributed by atoms with E-state index >= 15 is 0 Å². The van der Waals surface area contributed by atoms with Gasteiger partial charge in [-0.05, 0) is 0 Å². The molecular formula is C51H60As6. The van der Waals surface area contributed by atoms with E-state index in [1.54, 1.807) is 8.70 Å². The van der Waals surface area contributed by atoms with E-state index in [-0.39, 0.29) is 0 Å². The van der Waals surface area contributed by atoms with Crippen LogP contribution in [0, 0.1) is 0 Å². The van der Waals surface area contributed by atoms with Crippen LogP contribution in [0.5, 0.6) is 0 Å². The summed E-state index contributed by atoms with van der Waals surface area (Å²) in [6.45, 7) is 0. The summed E-state index contributed by atoms with van der Waals surface area (Å²) in [5.74, 6) is 0. The Bertz CT molecular complexity index is 1800. The van der Waals surface area contributed by atoms with Crippen molar-refractivity contribution in [2.75, 3.05) is 0 Å². The van der Waals surface area contributed by atoms with Gasteiger partial charge in [0.15, 0.2) is 0 Å². The Balaban J connectivity index is 1.47. The van der Waals surface area contributed by atoms with E-state index < -0.39 is 67.2 Å². The first kappa shape index (κ1) is 43.7. The monoisotopic (exact) mass is 1120 g/mol. The van der Waals surface area contributed by atoms with E-state index in [4.69, 9.17) is 0 Å². The first-order valence-electron chi connectivity index (χ1n) is 21.4. The fourth-order valence-corrected chi connectivity index (χ4v) is 412. The van der Waals surface area contributed by atoms with Gasteiger partial charge in [0.1, 0.15) is 0 Å². The van der Waals surface area contributed by atoms with Crippen molar-refractivity contribution in [2.24, 2.45) is 0 Å². The average molecular weight is 1120 g/mol. The number of rotatable bonds is 6. The van der Waals surface area contributed by atoms with Crippen LogP contribution in [-0.4, -0.2) is 67.2 Å². The Labute approximate surface area is 365 Å². The molecule has 0 saturated carbocycles. The summed E-state index contributed by atoms with van der Waals surface area (Å²) in [7, 11) is -6.58. The van der Waals surface area contributed by atoms with E-state index in [1.807, 2.05) is 17.4 Å². The first-order valence-corrected chi connectivity index (χ1v) is 55.7. The van der Waals surface area contributed by atoms with Crippen molar-refractivity contribution in [1.82, 2.24) is 0 Å². The molecule has 6 aromatic rings. The quantitative estimate of drug-likeness (QED) is 0.147. The topological polar surface area (TPSA) is 0 Å². The molecule has 1 heterocycles. The molecule has 0 bridgehead atoms. The summed E-state index contributed by atoms with van der Waals surface area (Å²) in [5.41, 5.74) is 0. The van der Waals surface area contributed by atoms with Crippen LogP contribution < -0.4 is 26.1 Å². The molecule has 6 heteroatoms. The molecule has 6 atom stereocenters. The summed E-state index contributed by atoms with van der Waals surface area (Å²) >= 11 is -2.97. The average Bonchev–Trinajstić information content (AvgIpc) is 3.28. The van der Waals surface area contributed by atoms with Crippen molar-refractivity contribution in [1.29, 1.82) is 0 Å². The Kier molecular flexibility index (Phi) is 19.0. The molecule has 294 valence electrons. The summed E-state index contributed by atoms with van der Waals surface area (Å²) < 4.78 is 10.8. The summed E-state index contributed by atoms with van der Waals surface area (Å²) in [6, 6.07) is 74.2. The Hall–Kier alpha value is -1.33. The van der Waals surface area contributed by atoms with Crippen LogP contribution in [0.4, 0.5) is 0 Å². The molecule has 6 unspecified atom stereocenters. The van der Waals surface area contributed by atoms with Gasteiger partial charge in [0, 0.05) is 0 Å². The van der Waals surface area contributed by atoms with Gasteiger partial charge in [0.05, 0.1) is 0 Å². The van der Waals surface area contributed by atoms with Gasteiger partial charge >= 0.3 is 369 Å². The first-order chi connectivity index (χ1) is 28.4. The minimum absolute atomic E-state index is 1.42. The summed E-state index contributed by atoms with van der Waals surface area (Å²) in [5, 5.41) is 2.97. The van der Waals surface area contributed by atoms with E-state index in [2.05, 4.69) is 182 Å². The van der Waals surface area contributed by atoms with Crippen LogP contribution in [0.1, 0.15) is 83.5 Å². The van der Waals surface area contributed by atoms with E-state index in [0.717, 1.165) is 0 Å². The Morgan fingerprint density at radius 2 is 0.386 bits per heavy atom. The van der Waals surface area contributed by atoms with Gasteiger partial charge in [0.2, 0.25) is 0 Å². The molecule has 1 aliphatic rings. The number of hydrogen-bond acceptors (Lipinski definition) is 0. The third kappa shape index (κ3) is 12.8. The third-order valence-corrected chi connectivity index (χ3v) is 219. The van der Waals surface area contributed by atoms with Crippen LogP contribution in [0.2, 0.25) is 10.4 Å². The molecule has 0 nitrogen and oxygen atoms in total. The fraction of sp³-hybridized carbons (Fsp3) is 0.294. The van der Waals surface area contributed by atoms with Gasteiger partial charge in [-0.1, -0.05) is 0 Å². The zero-order chi connectivity index (χ0) is 38.7. The molecule has 1 fully saturated rings. The van der Waals surface area contributed by atoms with Gasteiger partial charge in [-0.3, -0.25) is 0 Å². The van der Waals surface area contributed by atoms with Crippen molar-refractivity contribution in [3.63, 3.8) is 0 Å². The van der Waals surface area contributed by atoms with Crippen LogP contribution in [0.25, 0.3) is 0 Å². The normalized spacial score (nSPS) is 23.8. The second kappa shape index (κ2) is 24.8. The second-order valence-electron chi connectivity index (χ2n) is 15.0. The third-order valence-electron chi connectivity index (χ3n) is 10.8. The maximum atomic E-state index is 2.66. The van der Waals surface area contributed by atoms with Gasteiger partial charge < -0.3 is 0 Å². The Morgan fingerprint density at radius 3 is 0.632 bits per heavy atom. The molecule has 7 rings (SSSR count). The van der Waals surface area contributed by atoms with E-state index in [1.165, 1.54) is 93.9 Å². The summed E-state index contributed by atoms with van der Waals surface area (Å²) in [4.78, 5) is 0. The van der Waals surface area contributed by atoms with Crippen molar-refractivity contribution in [3.05, 3.63) is 182 Å². The molecule has 0 radical (unpaired) electrons. The molecule has 0 spiro atoms. The van der Waals surface area contributed by atoms with Crippen LogP contribution in [-0.2, 0) is 0 Å². The molecular weight excluding hydrogens is 1060 g/mol.